The summed E-state index contributed by atoms with van der Waals surface area (Å²) in [6.45, 7) is 2.12. The zero-order valence-corrected chi connectivity index (χ0v) is 12.0. The molecule has 2 aromatic carbocycles. The van der Waals surface area contributed by atoms with Gasteiger partial charge >= 0.3 is 0 Å². The first-order chi connectivity index (χ1) is 9.81. The summed E-state index contributed by atoms with van der Waals surface area (Å²) in [5, 5.41) is 0. The first-order valence-electron chi connectivity index (χ1n) is 7.07. The van der Waals surface area contributed by atoms with Crippen LogP contribution in [-0.4, -0.2) is 0 Å². The van der Waals surface area contributed by atoms with Gasteiger partial charge in [-0.3, -0.25) is 0 Å². The van der Waals surface area contributed by atoms with Crippen LogP contribution >= 0.6 is 0 Å². The molecule has 0 aliphatic heterocycles. The Labute approximate surface area is 122 Å². The molecule has 0 radical (unpaired) electrons. The van der Waals surface area contributed by atoms with Gasteiger partial charge < -0.3 is 0 Å². The molecule has 0 bridgehead atoms. The van der Waals surface area contributed by atoms with Crippen LogP contribution in [0.3, 0.4) is 0 Å². The molecule has 2 aromatic rings. The molecule has 20 heavy (non-hydrogen) atoms. The van der Waals surface area contributed by atoms with Crippen molar-refractivity contribution in [2.75, 3.05) is 0 Å². The van der Waals surface area contributed by atoms with E-state index < -0.39 is 0 Å². The van der Waals surface area contributed by atoms with Gasteiger partial charge in [-0.05, 0) is 42.9 Å². The average Bonchev–Trinajstić information content (AvgIpc) is 2.53. The molecule has 0 atom stereocenters. The van der Waals surface area contributed by atoms with Gasteiger partial charge in [0.05, 0.1) is 0 Å². The monoisotopic (exact) mass is 260 g/mol. The molecule has 0 heteroatoms. The molecular formula is C20H20. The Morgan fingerprint density at radius 1 is 0.950 bits per heavy atom. The largest absolute Gasteiger partial charge is 0.115 e. The molecule has 0 saturated heterocycles. The van der Waals surface area contributed by atoms with Gasteiger partial charge in [0.15, 0.2) is 0 Å². The molecule has 0 fully saturated rings. The Morgan fingerprint density at radius 3 is 2.15 bits per heavy atom. The van der Waals surface area contributed by atoms with Crippen molar-refractivity contribution in [1.29, 1.82) is 0 Å². The Hall–Kier alpha value is -2.26. The van der Waals surface area contributed by atoms with Crippen molar-refractivity contribution in [2.24, 2.45) is 0 Å². The van der Waals surface area contributed by atoms with E-state index in [-0.39, 0.29) is 0 Å². The van der Waals surface area contributed by atoms with E-state index in [1.807, 2.05) is 6.07 Å². The smallest absolute Gasteiger partial charge is 0.00528 e. The minimum absolute atomic E-state index is 0.964. The number of terminal acetylenes is 1. The summed E-state index contributed by atoms with van der Waals surface area (Å²) in [7, 11) is 0. The van der Waals surface area contributed by atoms with Crippen LogP contribution in [0.4, 0.5) is 0 Å². The van der Waals surface area contributed by atoms with Crippen LogP contribution in [0.25, 0.3) is 5.57 Å². The van der Waals surface area contributed by atoms with E-state index in [9.17, 15) is 0 Å². The summed E-state index contributed by atoms with van der Waals surface area (Å²) in [6.07, 6.45) is 8.82. The van der Waals surface area contributed by atoms with E-state index in [0.29, 0.717) is 0 Å². The fraction of sp³-hybridized carbons (Fsp3) is 0.200. The highest BCUT2D eigenvalue weighted by Gasteiger charge is 2.03. The molecule has 0 nitrogen and oxygen atoms in total. The van der Waals surface area contributed by atoms with Gasteiger partial charge in [0.25, 0.3) is 0 Å². The lowest BCUT2D eigenvalue weighted by Gasteiger charge is -2.07. The van der Waals surface area contributed by atoms with E-state index in [1.54, 1.807) is 0 Å². The molecule has 0 unspecified atom stereocenters. The fourth-order valence-corrected chi connectivity index (χ4v) is 2.34. The molecule has 0 heterocycles. The maximum atomic E-state index is 5.68. The minimum atomic E-state index is 0.964. The van der Waals surface area contributed by atoms with Crippen molar-refractivity contribution in [3.05, 3.63) is 77.4 Å². The van der Waals surface area contributed by atoms with E-state index in [4.69, 9.17) is 6.42 Å². The van der Waals surface area contributed by atoms with Crippen LogP contribution < -0.4 is 0 Å². The summed E-state index contributed by atoms with van der Waals surface area (Å²) in [4.78, 5) is 0. The number of benzene rings is 2. The summed E-state index contributed by atoms with van der Waals surface area (Å²) < 4.78 is 0. The molecule has 0 aliphatic carbocycles. The van der Waals surface area contributed by atoms with Crippen LogP contribution in [0.1, 0.15) is 30.9 Å². The second kappa shape index (κ2) is 7.36. The number of hydrogen-bond acceptors (Lipinski definition) is 0. The van der Waals surface area contributed by atoms with Gasteiger partial charge in [0.1, 0.15) is 0 Å². The van der Waals surface area contributed by atoms with Gasteiger partial charge in [-0.25, -0.2) is 0 Å². The molecule has 0 N–H and O–H groups in total. The van der Waals surface area contributed by atoms with Gasteiger partial charge in [-0.1, -0.05) is 66.6 Å². The van der Waals surface area contributed by atoms with Crippen molar-refractivity contribution in [3.63, 3.8) is 0 Å². The maximum absolute atomic E-state index is 5.68. The van der Waals surface area contributed by atoms with E-state index in [2.05, 4.69) is 67.4 Å². The Morgan fingerprint density at radius 2 is 1.55 bits per heavy atom. The first-order valence-corrected chi connectivity index (χ1v) is 7.07. The molecule has 0 aromatic heterocycles. The topological polar surface area (TPSA) is 0 Å². The quantitative estimate of drug-likeness (QED) is 0.655. The average molecular weight is 260 g/mol. The number of allylic oxidation sites excluding steroid dienone is 2. The van der Waals surface area contributed by atoms with E-state index in [0.717, 1.165) is 24.8 Å². The van der Waals surface area contributed by atoms with Crippen LogP contribution in [-0.2, 0) is 6.42 Å². The number of rotatable bonds is 5. The molecule has 0 saturated carbocycles. The first kappa shape index (κ1) is 14.2. The molecule has 0 aliphatic rings. The zero-order valence-electron chi connectivity index (χ0n) is 12.0. The summed E-state index contributed by atoms with van der Waals surface area (Å²) in [5.74, 6) is 2.87. The second-order valence-corrected chi connectivity index (χ2v) is 4.95. The highest BCUT2D eigenvalue weighted by Crippen LogP contribution is 2.21. The van der Waals surface area contributed by atoms with Crippen molar-refractivity contribution in [1.82, 2.24) is 0 Å². The standard InChI is InChI=1S/C20H20/c1-3-19(17(2)20-14-8-5-9-15-20)16-10-13-18-11-6-4-7-12-18/h1,4-9,11-12,14-15H,10,13,16H2,2H3/b19-17-. The number of aryl methyl sites for hydroxylation is 1. The number of hydrogen-bond donors (Lipinski definition) is 0. The highest BCUT2D eigenvalue weighted by atomic mass is 14.1. The second-order valence-electron chi connectivity index (χ2n) is 4.95. The lowest BCUT2D eigenvalue weighted by molar-refractivity contribution is 0.828. The van der Waals surface area contributed by atoms with Crippen molar-refractivity contribution in [3.8, 4) is 12.3 Å². The van der Waals surface area contributed by atoms with Crippen LogP contribution in [0.2, 0.25) is 0 Å². The van der Waals surface area contributed by atoms with Crippen molar-refractivity contribution < 1.29 is 0 Å². The van der Waals surface area contributed by atoms with Gasteiger partial charge in [0, 0.05) is 5.57 Å². The van der Waals surface area contributed by atoms with Crippen LogP contribution in [0.5, 0.6) is 0 Å². The normalized spacial score (nSPS) is 11.6. The summed E-state index contributed by atoms with van der Waals surface area (Å²) in [5.41, 5.74) is 4.94. The SMILES string of the molecule is C#C/C(CCCc1ccccc1)=C(\C)c1ccccc1. The third-order valence-electron chi connectivity index (χ3n) is 3.57. The van der Waals surface area contributed by atoms with Crippen LogP contribution in [0, 0.1) is 12.3 Å². The third kappa shape index (κ3) is 3.87. The summed E-state index contributed by atoms with van der Waals surface area (Å²) >= 11 is 0. The molecule has 0 spiro atoms. The van der Waals surface area contributed by atoms with E-state index in [1.165, 1.54) is 16.7 Å². The van der Waals surface area contributed by atoms with Gasteiger partial charge in [0.2, 0.25) is 0 Å². The highest BCUT2D eigenvalue weighted by molar-refractivity contribution is 5.70. The predicted molar refractivity (Wildman–Crippen MR) is 87.2 cm³/mol. The van der Waals surface area contributed by atoms with Crippen molar-refractivity contribution in [2.45, 2.75) is 26.2 Å². The third-order valence-corrected chi connectivity index (χ3v) is 3.57. The molecule has 0 amide bonds. The Bertz CT molecular complexity index is 597. The summed E-state index contributed by atoms with van der Waals surface area (Å²) in [6, 6.07) is 20.9. The lowest BCUT2D eigenvalue weighted by atomic mass is 9.97. The Balaban J connectivity index is 2.01. The van der Waals surface area contributed by atoms with Crippen LogP contribution in [0.15, 0.2) is 66.2 Å². The Kier molecular flexibility index (Phi) is 5.21. The maximum Gasteiger partial charge on any atom is 0.00528 e. The molecule has 2 rings (SSSR count). The fourth-order valence-electron chi connectivity index (χ4n) is 2.34. The minimum Gasteiger partial charge on any atom is -0.115 e. The predicted octanol–water partition coefficient (Wildman–Crippen LogP) is 5.12. The van der Waals surface area contributed by atoms with Gasteiger partial charge in [-0.15, -0.1) is 6.42 Å². The lowest BCUT2D eigenvalue weighted by Crippen LogP contribution is -1.90. The van der Waals surface area contributed by atoms with Crippen molar-refractivity contribution >= 4 is 5.57 Å². The molecule has 100 valence electrons. The zero-order chi connectivity index (χ0) is 14.2. The molecular weight excluding hydrogens is 240 g/mol. The van der Waals surface area contributed by atoms with Gasteiger partial charge in [-0.2, -0.15) is 0 Å². The van der Waals surface area contributed by atoms with E-state index >= 15 is 0 Å².